The first kappa shape index (κ1) is 34.9. The summed E-state index contributed by atoms with van der Waals surface area (Å²) in [6.45, 7) is 5.75. The zero-order valence-corrected chi connectivity index (χ0v) is 30.9. The minimum Gasteiger partial charge on any atom is -0.482 e. The van der Waals surface area contributed by atoms with E-state index in [1.807, 2.05) is 116 Å². The van der Waals surface area contributed by atoms with Crippen molar-refractivity contribution in [3.05, 3.63) is 132 Å². The standard InChI is InChI=1S/C41H42FN5O5Si/c1-27-39(53(2,3)42)37(20-21-45-24-33(43-44-45)31(25-48)29-14-8-5-9-15-29)52-41(27)32-22-30(47-35-16-10-11-17-36(35)51-26-38(47)49)18-19-34(32)46(40(41)50)23-28-12-6-4-7-13-28/h4-19,22,24,27,31,37,39,48H,20-21,23,25-26H2,1-3H3/t27-,31?,37+,39-,41+/m1/s1. The Bertz CT molecular complexity index is 2140. The fourth-order valence-corrected chi connectivity index (χ4v) is 11.2. The van der Waals surface area contributed by atoms with Crippen molar-refractivity contribution in [1.82, 2.24) is 15.0 Å². The number of hydrogen-bond donors (Lipinski definition) is 1. The van der Waals surface area contributed by atoms with E-state index in [1.165, 1.54) is 0 Å². The van der Waals surface area contributed by atoms with Crippen LogP contribution in [0.1, 0.15) is 41.6 Å². The van der Waals surface area contributed by atoms with Gasteiger partial charge in [-0.15, -0.1) is 5.10 Å². The highest BCUT2D eigenvalue weighted by Gasteiger charge is 2.66. The van der Waals surface area contributed by atoms with E-state index in [2.05, 4.69) is 10.3 Å². The molecule has 12 heteroatoms. The van der Waals surface area contributed by atoms with Crippen molar-refractivity contribution in [3.63, 3.8) is 0 Å². The number of benzene rings is 4. The van der Waals surface area contributed by atoms with Crippen LogP contribution in [0.3, 0.4) is 0 Å². The summed E-state index contributed by atoms with van der Waals surface area (Å²) in [6, 6.07) is 32.4. The largest absolute Gasteiger partial charge is 0.482 e. The maximum absolute atomic E-state index is 16.6. The molecule has 1 spiro atoms. The van der Waals surface area contributed by atoms with Crippen LogP contribution >= 0.6 is 0 Å². The molecule has 0 saturated carbocycles. The van der Waals surface area contributed by atoms with Gasteiger partial charge in [-0.2, -0.15) is 0 Å². The molecule has 53 heavy (non-hydrogen) atoms. The summed E-state index contributed by atoms with van der Waals surface area (Å²) in [5.41, 5.74) is 3.01. The van der Waals surface area contributed by atoms with Crippen LogP contribution in [0.15, 0.2) is 109 Å². The smallest absolute Gasteiger partial charge is 0.269 e. The van der Waals surface area contributed by atoms with Gasteiger partial charge in [-0.25, -0.2) is 0 Å². The molecular weight excluding hydrogens is 690 g/mol. The Kier molecular flexibility index (Phi) is 9.00. The van der Waals surface area contributed by atoms with Gasteiger partial charge in [-0.3, -0.25) is 19.2 Å². The van der Waals surface area contributed by atoms with Crippen molar-refractivity contribution < 1.29 is 28.3 Å². The molecule has 0 bridgehead atoms. The summed E-state index contributed by atoms with van der Waals surface area (Å²) < 4.78 is 31.1. The molecule has 4 heterocycles. The Labute approximate surface area is 308 Å². The Morgan fingerprint density at radius 1 is 0.962 bits per heavy atom. The Morgan fingerprint density at radius 2 is 1.68 bits per heavy atom. The number of carbonyl (C=O) groups is 2. The molecular formula is C41H42FN5O5Si. The first-order valence-electron chi connectivity index (χ1n) is 18.1. The third-order valence-electron chi connectivity index (χ3n) is 11.0. The van der Waals surface area contributed by atoms with Gasteiger partial charge in [0.15, 0.2) is 12.2 Å². The van der Waals surface area contributed by atoms with E-state index in [1.54, 1.807) is 27.6 Å². The maximum Gasteiger partial charge on any atom is 0.269 e. The maximum atomic E-state index is 16.6. The molecule has 1 saturated heterocycles. The van der Waals surface area contributed by atoms with Crippen LogP contribution in [0, 0.1) is 5.92 Å². The highest BCUT2D eigenvalue weighted by Crippen LogP contribution is 2.61. The fraction of sp³-hybridized carbons (Fsp3) is 0.317. The number of amides is 2. The predicted molar refractivity (Wildman–Crippen MR) is 201 cm³/mol. The Morgan fingerprint density at radius 3 is 2.42 bits per heavy atom. The van der Waals surface area contributed by atoms with Crippen LogP contribution < -0.4 is 14.5 Å². The Balaban J connectivity index is 1.17. The summed E-state index contributed by atoms with van der Waals surface area (Å²) in [6.07, 6.45) is 1.61. The van der Waals surface area contributed by atoms with Crippen LogP contribution in [-0.2, 0) is 33.0 Å². The van der Waals surface area contributed by atoms with E-state index in [9.17, 15) is 9.90 Å². The monoisotopic (exact) mass is 731 g/mol. The second-order valence-electron chi connectivity index (χ2n) is 14.7. The second-order valence-corrected chi connectivity index (χ2v) is 18.5. The summed E-state index contributed by atoms with van der Waals surface area (Å²) in [5.74, 6) is -0.734. The quantitative estimate of drug-likeness (QED) is 0.123. The lowest BCUT2D eigenvalue weighted by atomic mass is 9.82. The lowest BCUT2D eigenvalue weighted by Gasteiger charge is -2.32. The third kappa shape index (κ3) is 6.04. The van der Waals surface area contributed by atoms with Crippen LogP contribution in [0.25, 0.3) is 0 Å². The van der Waals surface area contributed by atoms with E-state index < -0.39 is 31.6 Å². The third-order valence-corrected chi connectivity index (χ3v) is 13.5. The zero-order chi connectivity index (χ0) is 36.9. The van der Waals surface area contributed by atoms with Crippen molar-refractivity contribution in [1.29, 1.82) is 0 Å². The molecule has 8 rings (SSSR count). The molecule has 1 unspecified atom stereocenters. The number of ether oxygens (including phenoxy) is 2. The summed E-state index contributed by atoms with van der Waals surface area (Å²) in [4.78, 5) is 31.8. The number of aliphatic hydroxyl groups excluding tert-OH is 1. The molecule has 5 aromatic rings. The minimum atomic E-state index is -3.45. The minimum absolute atomic E-state index is 0.120. The average Bonchev–Trinajstić information content (AvgIpc) is 3.82. The van der Waals surface area contributed by atoms with Gasteiger partial charge in [0.05, 0.1) is 42.2 Å². The van der Waals surface area contributed by atoms with Crippen molar-refractivity contribution in [2.24, 2.45) is 5.92 Å². The number of aliphatic hydroxyl groups is 1. The zero-order valence-electron chi connectivity index (χ0n) is 29.9. The molecule has 10 nitrogen and oxygen atoms in total. The number of rotatable bonds is 10. The SMILES string of the molecule is C[C@@H]1[C@@H]([Si](C)(C)F)[C@H](CCn2cc(C(CO)c3ccccc3)nn2)O[C@@]12C(=O)N(Cc1ccccc1)c1ccc(N3C(=O)COc4ccccc43)cc12. The van der Waals surface area contributed by atoms with E-state index in [0.29, 0.717) is 53.6 Å². The Hall–Kier alpha value is -5.17. The van der Waals surface area contributed by atoms with Gasteiger partial charge >= 0.3 is 0 Å². The summed E-state index contributed by atoms with van der Waals surface area (Å²) in [7, 11) is -3.45. The van der Waals surface area contributed by atoms with Crippen LogP contribution in [0.4, 0.5) is 21.2 Å². The molecule has 5 atom stereocenters. The molecule has 1 N–H and O–H groups in total. The second kappa shape index (κ2) is 13.7. The van der Waals surface area contributed by atoms with Gasteiger partial charge in [0.1, 0.15) is 5.75 Å². The van der Waals surface area contributed by atoms with E-state index in [0.717, 1.165) is 11.1 Å². The highest BCUT2D eigenvalue weighted by molar-refractivity contribution is 6.72. The number of nitrogens with zero attached hydrogens (tertiary/aromatic N) is 5. The van der Waals surface area contributed by atoms with Gasteiger partial charge in [0, 0.05) is 35.5 Å². The normalized spacial score (nSPS) is 22.9. The summed E-state index contributed by atoms with van der Waals surface area (Å²) in [5, 5.41) is 18.9. The average molecular weight is 732 g/mol. The van der Waals surface area contributed by atoms with Gasteiger partial charge in [0.2, 0.25) is 8.41 Å². The molecule has 272 valence electrons. The number of carbonyl (C=O) groups excluding carboxylic acids is 2. The number of aryl methyl sites for hydroxylation is 1. The molecule has 0 aliphatic carbocycles. The van der Waals surface area contributed by atoms with Crippen molar-refractivity contribution >= 4 is 37.3 Å². The fourth-order valence-electron chi connectivity index (χ4n) is 8.65. The van der Waals surface area contributed by atoms with Crippen LogP contribution in [0.5, 0.6) is 5.75 Å². The van der Waals surface area contributed by atoms with Gasteiger partial charge in [0.25, 0.3) is 11.8 Å². The van der Waals surface area contributed by atoms with Gasteiger partial charge in [-0.1, -0.05) is 84.9 Å². The number of aromatic nitrogens is 3. The van der Waals surface area contributed by atoms with Gasteiger partial charge < -0.3 is 23.6 Å². The number of para-hydroxylation sites is 2. The molecule has 1 fully saturated rings. The molecule has 4 aromatic carbocycles. The molecule has 3 aliphatic heterocycles. The summed E-state index contributed by atoms with van der Waals surface area (Å²) >= 11 is 0. The first-order valence-corrected chi connectivity index (χ1v) is 21.0. The number of hydrogen-bond acceptors (Lipinski definition) is 7. The van der Waals surface area contributed by atoms with Crippen molar-refractivity contribution in [2.45, 2.75) is 62.7 Å². The van der Waals surface area contributed by atoms with Crippen molar-refractivity contribution in [3.8, 4) is 5.75 Å². The topological polar surface area (TPSA) is 110 Å². The molecule has 2 amide bonds. The first-order chi connectivity index (χ1) is 25.6. The molecule has 3 aliphatic rings. The molecule has 1 aromatic heterocycles. The predicted octanol–water partition coefficient (Wildman–Crippen LogP) is 6.87. The van der Waals surface area contributed by atoms with Crippen LogP contribution in [0.2, 0.25) is 18.6 Å². The van der Waals surface area contributed by atoms with E-state index in [4.69, 9.17) is 9.47 Å². The lowest BCUT2D eigenvalue weighted by Crippen LogP contribution is -2.45. The number of fused-ring (bicyclic) bond motifs is 3. The number of halogens is 1. The van der Waals surface area contributed by atoms with Crippen molar-refractivity contribution in [2.75, 3.05) is 23.0 Å². The van der Waals surface area contributed by atoms with E-state index in [-0.39, 0.29) is 30.9 Å². The van der Waals surface area contributed by atoms with Gasteiger partial charge in [-0.05, 0) is 61.0 Å². The number of anilines is 3. The highest BCUT2D eigenvalue weighted by atomic mass is 28.4. The lowest BCUT2D eigenvalue weighted by molar-refractivity contribution is -0.146. The molecule has 0 radical (unpaired) electrons. The van der Waals surface area contributed by atoms with E-state index >= 15 is 8.90 Å². The van der Waals surface area contributed by atoms with Crippen LogP contribution in [-0.4, -0.2) is 59.6 Å².